The number of likely N-dealkylation sites (tertiary alicyclic amines) is 1. The van der Waals surface area contributed by atoms with Crippen molar-refractivity contribution >= 4 is 11.7 Å². The number of piperidine rings is 1. The van der Waals surface area contributed by atoms with Crippen molar-refractivity contribution in [2.45, 2.75) is 38.1 Å². The van der Waals surface area contributed by atoms with Crippen molar-refractivity contribution in [3.8, 4) is 0 Å². The van der Waals surface area contributed by atoms with Gasteiger partial charge in [-0.05, 0) is 37.3 Å². The smallest absolute Gasteiger partial charge is 0.252 e. The minimum absolute atomic E-state index is 0.108. The third-order valence-electron chi connectivity index (χ3n) is 4.73. The lowest BCUT2D eigenvalue weighted by molar-refractivity contribution is -0.134. The standard InChI is InChI=1S/C19H21N5O/c25-18(14-17-21-19-20-10-6-12-24(19)22-17)23-11-5-4-9-16(23)13-15-7-2-1-3-8-15/h1-3,6-8,10,12,16H,4-5,9,11,13-14H2. The molecule has 0 spiro atoms. The van der Waals surface area contributed by atoms with E-state index in [4.69, 9.17) is 0 Å². The van der Waals surface area contributed by atoms with Gasteiger partial charge in [-0.1, -0.05) is 30.3 Å². The lowest BCUT2D eigenvalue weighted by Gasteiger charge is -2.36. The summed E-state index contributed by atoms with van der Waals surface area (Å²) in [5, 5.41) is 4.35. The first-order valence-corrected chi connectivity index (χ1v) is 8.79. The SMILES string of the molecule is O=C(Cc1nc2ncccn2n1)N1CCCCC1Cc1ccccc1. The first-order chi connectivity index (χ1) is 12.3. The molecule has 6 nitrogen and oxygen atoms in total. The monoisotopic (exact) mass is 335 g/mol. The van der Waals surface area contributed by atoms with Crippen LogP contribution in [0, 0.1) is 0 Å². The van der Waals surface area contributed by atoms with Gasteiger partial charge >= 0.3 is 0 Å². The molecule has 0 saturated carbocycles. The van der Waals surface area contributed by atoms with Crippen LogP contribution in [0.1, 0.15) is 30.7 Å². The molecule has 2 aromatic heterocycles. The minimum Gasteiger partial charge on any atom is -0.339 e. The number of carbonyl (C=O) groups excluding carboxylic acids is 1. The Hall–Kier alpha value is -2.76. The molecule has 6 heteroatoms. The van der Waals surface area contributed by atoms with Gasteiger partial charge in [-0.25, -0.2) is 9.50 Å². The van der Waals surface area contributed by atoms with E-state index in [-0.39, 0.29) is 18.4 Å². The fourth-order valence-corrected chi connectivity index (χ4v) is 3.51. The van der Waals surface area contributed by atoms with E-state index in [1.54, 1.807) is 23.0 Å². The number of fused-ring (bicyclic) bond motifs is 1. The molecule has 1 fully saturated rings. The molecule has 1 saturated heterocycles. The second kappa shape index (κ2) is 7.01. The highest BCUT2D eigenvalue weighted by Crippen LogP contribution is 2.21. The summed E-state index contributed by atoms with van der Waals surface area (Å²) in [5.74, 6) is 1.18. The Balaban J connectivity index is 1.48. The zero-order valence-electron chi connectivity index (χ0n) is 14.1. The van der Waals surface area contributed by atoms with Crippen LogP contribution in [-0.2, 0) is 17.6 Å². The van der Waals surface area contributed by atoms with Crippen LogP contribution in [0.25, 0.3) is 5.78 Å². The maximum Gasteiger partial charge on any atom is 0.252 e. The van der Waals surface area contributed by atoms with Crippen molar-refractivity contribution in [1.82, 2.24) is 24.5 Å². The zero-order chi connectivity index (χ0) is 17.1. The highest BCUT2D eigenvalue weighted by atomic mass is 16.2. The third kappa shape index (κ3) is 3.52. The normalized spacial score (nSPS) is 17.8. The van der Waals surface area contributed by atoms with Gasteiger partial charge in [-0.2, -0.15) is 4.98 Å². The Labute approximate surface area is 146 Å². The number of hydrogen-bond donors (Lipinski definition) is 0. The molecule has 1 aromatic carbocycles. The largest absolute Gasteiger partial charge is 0.339 e. The highest BCUT2D eigenvalue weighted by molar-refractivity contribution is 5.78. The minimum atomic E-state index is 0.108. The average molecular weight is 335 g/mol. The molecule has 1 aliphatic heterocycles. The molecule has 128 valence electrons. The molecule has 3 heterocycles. The Kier molecular flexibility index (Phi) is 4.41. The first kappa shape index (κ1) is 15.7. The number of nitrogens with zero attached hydrogens (tertiary/aromatic N) is 5. The zero-order valence-corrected chi connectivity index (χ0v) is 14.1. The van der Waals surface area contributed by atoms with Crippen LogP contribution in [-0.4, -0.2) is 43.0 Å². The molecule has 25 heavy (non-hydrogen) atoms. The van der Waals surface area contributed by atoms with Gasteiger partial charge < -0.3 is 4.90 Å². The summed E-state index contributed by atoms with van der Waals surface area (Å²) in [6.45, 7) is 0.821. The Bertz CT molecular complexity index is 827. The number of hydrogen-bond acceptors (Lipinski definition) is 4. The second-order valence-corrected chi connectivity index (χ2v) is 6.50. The first-order valence-electron chi connectivity index (χ1n) is 8.79. The number of benzene rings is 1. The Morgan fingerprint density at radius 1 is 1.16 bits per heavy atom. The summed E-state index contributed by atoms with van der Waals surface area (Å²) in [6.07, 6.45) is 7.91. The maximum absolute atomic E-state index is 12.9. The fraction of sp³-hybridized carbons (Fsp3) is 0.368. The maximum atomic E-state index is 12.9. The quantitative estimate of drug-likeness (QED) is 0.734. The summed E-state index contributed by atoms with van der Waals surface area (Å²) < 4.78 is 1.61. The van der Waals surface area contributed by atoms with Gasteiger partial charge in [0, 0.05) is 25.0 Å². The number of rotatable bonds is 4. The van der Waals surface area contributed by atoms with Crippen LogP contribution >= 0.6 is 0 Å². The summed E-state index contributed by atoms with van der Waals surface area (Å²) >= 11 is 0. The Morgan fingerprint density at radius 2 is 2.04 bits per heavy atom. The van der Waals surface area contributed by atoms with Gasteiger partial charge in [0.05, 0.1) is 6.42 Å². The Morgan fingerprint density at radius 3 is 2.88 bits per heavy atom. The van der Waals surface area contributed by atoms with Gasteiger partial charge in [0.1, 0.15) is 0 Å². The molecule has 0 radical (unpaired) electrons. The molecule has 0 bridgehead atoms. The van der Waals surface area contributed by atoms with Crippen molar-refractivity contribution in [1.29, 1.82) is 0 Å². The van der Waals surface area contributed by atoms with E-state index in [1.807, 2.05) is 11.0 Å². The molecular formula is C19H21N5O. The van der Waals surface area contributed by atoms with E-state index in [1.165, 1.54) is 12.0 Å². The summed E-state index contributed by atoms with van der Waals surface area (Å²) in [4.78, 5) is 23.4. The van der Waals surface area contributed by atoms with Crippen LogP contribution in [0.15, 0.2) is 48.8 Å². The fourth-order valence-electron chi connectivity index (χ4n) is 3.51. The summed E-state index contributed by atoms with van der Waals surface area (Å²) in [7, 11) is 0. The molecule has 1 unspecified atom stereocenters. The van der Waals surface area contributed by atoms with Crippen LogP contribution < -0.4 is 0 Å². The lowest BCUT2D eigenvalue weighted by atomic mass is 9.95. The van der Waals surface area contributed by atoms with Gasteiger partial charge in [0.15, 0.2) is 5.82 Å². The van der Waals surface area contributed by atoms with Crippen LogP contribution in [0.5, 0.6) is 0 Å². The highest BCUT2D eigenvalue weighted by Gasteiger charge is 2.27. The van der Waals surface area contributed by atoms with E-state index in [2.05, 4.69) is 39.3 Å². The molecule has 0 aliphatic carbocycles. The van der Waals surface area contributed by atoms with E-state index in [0.29, 0.717) is 11.6 Å². The van der Waals surface area contributed by atoms with Crippen LogP contribution in [0.3, 0.4) is 0 Å². The van der Waals surface area contributed by atoms with Crippen molar-refractivity contribution < 1.29 is 4.79 Å². The summed E-state index contributed by atoms with van der Waals surface area (Å²) in [6, 6.07) is 12.5. The number of carbonyl (C=O) groups is 1. The third-order valence-corrected chi connectivity index (χ3v) is 4.73. The van der Waals surface area contributed by atoms with Gasteiger partial charge in [-0.15, -0.1) is 5.10 Å². The van der Waals surface area contributed by atoms with E-state index in [0.717, 1.165) is 25.8 Å². The predicted octanol–water partition coefficient (Wildman–Crippen LogP) is 2.29. The van der Waals surface area contributed by atoms with Gasteiger partial charge in [-0.3, -0.25) is 4.79 Å². The van der Waals surface area contributed by atoms with Crippen molar-refractivity contribution in [2.24, 2.45) is 0 Å². The molecule has 0 N–H and O–H groups in total. The van der Waals surface area contributed by atoms with Crippen molar-refractivity contribution in [2.75, 3.05) is 6.54 Å². The summed E-state index contributed by atoms with van der Waals surface area (Å²) in [5.41, 5.74) is 1.28. The molecular weight excluding hydrogens is 314 g/mol. The number of aromatic nitrogens is 4. The van der Waals surface area contributed by atoms with E-state index >= 15 is 0 Å². The van der Waals surface area contributed by atoms with Crippen molar-refractivity contribution in [3.05, 3.63) is 60.2 Å². The van der Waals surface area contributed by atoms with Crippen molar-refractivity contribution in [3.63, 3.8) is 0 Å². The van der Waals surface area contributed by atoms with Crippen LogP contribution in [0.4, 0.5) is 0 Å². The van der Waals surface area contributed by atoms with Gasteiger partial charge in [0.25, 0.3) is 5.78 Å². The molecule has 1 amide bonds. The topological polar surface area (TPSA) is 63.4 Å². The number of amides is 1. The lowest BCUT2D eigenvalue weighted by Crippen LogP contribution is -2.45. The van der Waals surface area contributed by atoms with E-state index < -0.39 is 0 Å². The molecule has 1 atom stereocenters. The molecule has 1 aliphatic rings. The van der Waals surface area contributed by atoms with E-state index in [9.17, 15) is 4.79 Å². The van der Waals surface area contributed by atoms with Crippen LogP contribution in [0.2, 0.25) is 0 Å². The van der Waals surface area contributed by atoms with Gasteiger partial charge in [0.2, 0.25) is 5.91 Å². The predicted molar refractivity (Wildman–Crippen MR) is 94.0 cm³/mol. The molecule has 3 aromatic rings. The average Bonchev–Trinajstić information content (AvgIpc) is 3.05. The molecule has 4 rings (SSSR count). The second-order valence-electron chi connectivity index (χ2n) is 6.50.